The van der Waals surface area contributed by atoms with Gasteiger partial charge in [0.15, 0.2) is 0 Å². The second kappa shape index (κ2) is 9.49. The Hall–Kier alpha value is -3.96. The van der Waals surface area contributed by atoms with Crippen LogP contribution < -0.4 is 14.8 Å². The van der Waals surface area contributed by atoms with Crippen LogP contribution in [0.2, 0.25) is 0 Å². The monoisotopic (exact) mass is 487 g/mol. The highest BCUT2D eigenvalue weighted by Crippen LogP contribution is 2.35. The molecule has 1 aliphatic rings. The number of rotatable bonds is 6. The molecule has 1 unspecified atom stereocenters. The van der Waals surface area contributed by atoms with Gasteiger partial charge >= 0.3 is 18.5 Å². The Morgan fingerprint density at radius 2 is 1.62 bits per heavy atom. The summed E-state index contributed by atoms with van der Waals surface area (Å²) in [6.45, 7) is 0. The largest absolute Gasteiger partial charge is 0.573 e. The van der Waals surface area contributed by atoms with Crippen molar-refractivity contribution in [2.45, 2.75) is 25.0 Å². The lowest BCUT2D eigenvalue weighted by Crippen LogP contribution is -2.34. The fourth-order valence-corrected chi connectivity index (χ4v) is 2.94. The van der Waals surface area contributed by atoms with Crippen molar-refractivity contribution in [3.8, 4) is 17.2 Å². The van der Waals surface area contributed by atoms with E-state index in [4.69, 9.17) is 9.84 Å². The van der Waals surface area contributed by atoms with E-state index < -0.39 is 47.5 Å². The summed E-state index contributed by atoms with van der Waals surface area (Å²) in [5.41, 5.74) is -1.35. The van der Waals surface area contributed by atoms with Gasteiger partial charge in [-0.1, -0.05) is 12.2 Å². The van der Waals surface area contributed by atoms with Gasteiger partial charge in [-0.15, -0.1) is 13.2 Å². The second-order valence-corrected chi connectivity index (χ2v) is 6.97. The van der Waals surface area contributed by atoms with Crippen LogP contribution in [0.1, 0.15) is 22.3 Å². The lowest BCUT2D eigenvalue weighted by molar-refractivity contribution is -0.274. The van der Waals surface area contributed by atoms with E-state index in [0.717, 1.165) is 30.3 Å². The topological polar surface area (TPSA) is 84.9 Å². The van der Waals surface area contributed by atoms with Crippen LogP contribution in [0.5, 0.6) is 17.2 Å². The zero-order valence-electron chi connectivity index (χ0n) is 16.9. The summed E-state index contributed by atoms with van der Waals surface area (Å²) in [4.78, 5) is 23.7. The predicted octanol–water partition coefficient (Wildman–Crippen LogP) is 5.47. The normalized spacial score (nSPS) is 15.9. The lowest BCUT2D eigenvalue weighted by atomic mass is 10.0. The van der Waals surface area contributed by atoms with Crippen molar-refractivity contribution in [2.75, 3.05) is 0 Å². The number of halogens is 6. The molecule has 0 aliphatic heterocycles. The van der Waals surface area contributed by atoms with Crippen LogP contribution in [0.25, 0.3) is 0 Å². The SMILES string of the molecule is O=C(O)C1=CCC(NC(=O)c2ccc(C(F)(F)F)cc2Oc2ccc(OC(F)(F)F)cc2)C=C1. The molecule has 0 bridgehead atoms. The van der Waals surface area contributed by atoms with Crippen molar-refractivity contribution in [2.24, 2.45) is 0 Å². The first-order chi connectivity index (χ1) is 15.8. The average molecular weight is 487 g/mol. The van der Waals surface area contributed by atoms with Gasteiger partial charge in [0.25, 0.3) is 5.91 Å². The molecule has 12 heteroatoms. The van der Waals surface area contributed by atoms with Crippen LogP contribution >= 0.6 is 0 Å². The number of carbonyl (C=O) groups is 2. The number of carboxylic acids is 1. The van der Waals surface area contributed by atoms with Crippen molar-refractivity contribution in [1.29, 1.82) is 0 Å². The molecule has 3 rings (SSSR count). The van der Waals surface area contributed by atoms with Crippen molar-refractivity contribution in [1.82, 2.24) is 5.32 Å². The Bertz CT molecular complexity index is 1140. The molecular weight excluding hydrogens is 472 g/mol. The molecule has 2 N–H and O–H groups in total. The Labute approximate surface area is 188 Å². The highest BCUT2D eigenvalue weighted by molar-refractivity contribution is 5.97. The molecule has 34 heavy (non-hydrogen) atoms. The molecule has 0 radical (unpaired) electrons. The minimum Gasteiger partial charge on any atom is -0.478 e. The van der Waals surface area contributed by atoms with Gasteiger partial charge in [-0.3, -0.25) is 4.79 Å². The molecule has 2 aromatic carbocycles. The quantitative estimate of drug-likeness (QED) is 0.529. The number of carboxylic acid groups (broad SMARTS) is 1. The standard InChI is InChI=1S/C22H15F6NO5/c23-21(24,25)13-3-10-17(19(30)29-14-4-1-12(2-5-14)20(31)32)18(11-13)33-15-6-8-16(9-7-15)34-22(26,27)28/h1-4,6-11,14H,5H2,(H,29,30)(H,31,32). The van der Waals surface area contributed by atoms with Gasteiger partial charge in [0.05, 0.1) is 22.7 Å². The van der Waals surface area contributed by atoms with E-state index in [1.165, 1.54) is 18.2 Å². The number of alkyl halides is 6. The third-order valence-corrected chi connectivity index (χ3v) is 4.50. The molecule has 0 saturated heterocycles. The Morgan fingerprint density at radius 1 is 0.971 bits per heavy atom. The second-order valence-electron chi connectivity index (χ2n) is 6.97. The Kier molecular flexibility index (Phi) is 6.89. The van der Waals surface area contributed by atoms with Crippen LogP contribution in [0, 0.1) is 0 Å². The van der Waals surface area contributed by atoms with Crippen molar-refractivity contribution in [3.05, 3.63) is 77.4 Å². The molecule has 0 fully saturated rings. The smallest absolute Gasteiger partial charge is 0.478 e. The minimum absolute atomic E-state index is 0.0296. The summed E-state index contributed by atoms with van der Waals surface area (Å²) in [7, 11) is 0. The van der Waals surface area contributed by atoms with Crippen LogP contribution in [-0.2, 0) is 11.0 Å². The highest BCUT2D eigenvalue weighted by Gasteiger charge is 2.33. The van der Waals surface area contributed by atoms with Crippen molar-refractivity contribution >= 4 is 11.9 Å². The molecule has 0 spiro atoms. The van der Waals surface area contributed by atoms with Crippen molar-refractivity contribution in [3.63, 3.8) is 0 Å². The third kappa shape index (κ3) is 6.53. The molecule has 6 nitrogen and oxygen atoms in total. The number of amides is 1. The number of hydrogen-bond donors (Lipinski definition) is 2. The number of benzene rings is 2. The van der Waals surface area contributed by atoms with Crippen LogP contribution in [-0.4, -0.2) is 29.4 Å². The van der Waals surface area contributed by atoms with Gasteiger partial charge in [0.2, 0.25) is 0 Å². The van der Waals surface area contributed by atoms with Crippen LogP contribution in [0.3, 0.4) is 0 Å². The van der Waals surface area contributed by atoms with Gasteiger partial charge in [0, 0.05) is 0 Å². The molecule has 1 atom stereocenters. The maximum atomic E-state index is 13.2. The Morgan fingerprint density at radius 3 is 2.15 bits per heavy atom. The number of hydrogen-bond acceptors (Lipinski definition) is 4. The number of aliphatic carboxylic acids is 1. The minimum atomic E-state index is -4.93. The summed E-state index contributed by atoms with van der Waals surface area (Å²) >= 11 is 0. The van der Waals surface area contributed by atoms with E-state index in [1.54, 1.807) is 0 Å². The first-order valence-electron chi connectivity index (χ1n) is 9.49. The van der Waals surface area contributed by atoms with Gasteiger partial charge in [-0.05, 0) is 55.0 Å². The molecular formula is C22H15F6NO5. The van der Waals surface area contributed by atoms with Gasteiger partial charge < -0.3 is 19.9 Å². The lowest BCUT2D eigenvalue weighted by Gasteiger charge is -2.19. The van der Waals surface area contributed by atoms with Crippen LogP contribution in [0.15, 0.2) is 66.3 Å². The van der Waals surface area contributed by atoms with Gasteiger partial charge in [0.1, 0.15) is 17.2 Å². The average Bonchev–Trinajstić information content (AvgIpc) is 2.73. The zero-order chi connectivity index (χ0) is 25.1. The summed E-state index contributed by atoms with van der Waals surface area (Å²) in [6.07, 6.45) is -5.45. The van der Waals surface area contributed by atoms with E-state index in [9.17, 15) is 35.9 Å². The molecule has 1 aliphatic carbocycles. The summed E-state index contributed by atoms with van der Waals surface area (Å²) < 4.78 is 85.5. The summed E-state index contributed by atoms with van der Waals surface area (Å²) in [6, 6.07) is 5.42. The first-order valence-corrected chi connectivity index (χ1v) is 9.49. The fraction of sp³-hybridized carbons (Fsp3) is 0.182. The highest BCUT2D eigenvalue weighted by atomic mass is 19.4. The molecule has 180 valence electrons. The number of ether oxygens (including phenoxy) is 2. The van der Waals surface area contributed by atoms with E-state index in [-0.39, 0.29) is 23.3 Å². The Balaban J connectivity index is 1.83. The number of nitrogens with one attached hydrogen (secondary N) is 1. The molecule has 2 aromatic rings. The maximum Gasteiger partial charge on any atom is 0.573 e. The molecule has 1 amide bonds. The van der Waals surface area contributed by atoms with Gasteiger partial charge in [-0.2, -0.15) is 13.2 Å². The number of carbonyl (C=O) groups excluding carboxylic acids is 1. The van der Waals surface area contributed by atoms with Crippen molar-refractivity contribution < 1.29 is 50.5 Å². The predicted molar refractivity (Wildman–Crippen MR) is 105 cm³/mol. The fourth-order valence-electron chi connectivity index (χ4n) is 2.94. The first kappa shape index (κ1) is 24.7. The van der Waals surface area contributed by atoms with E-state index in [1.807, 2.05) is 0 Å². The van der Waals surface area contributed by atoms with Crippen LogP contribution in [0.4, 0.5) is 26.3 Å². The van der Waals surface area contributed by atoms with E-state index >= 15 is 0 Å². The molecule has 0 saturated carbocycles. The summed E-state index contributed by atoms with van der Waals surface area (Å²) in [5.74, 6) is -3.15. The summed E-state index contributed by atoms with van der Waals surface area (Å²) in [5, 5.41) is 11.5. The van der Waals surface area contributed by atoms with E-state index in [2.05, 4.69) is 10.1 Å². The molecule has 0 aromatic heterocycles. The zero-order valence-corrected chi connectivity index (χ0v) is 16.9. The van der Waals surface area contributed by atoms with Gasteiger partial charge in [-0.25, -0.2) is 4.79 Å². The van der Waals surface area contributed by atoms with E-state index in [0.29, 0.717) is 12.1 Å². The third-order valence-electron chi connectivity index (χ3n) is 4.50. The molecule has 0 heterocycles. The maximum absolute atomic E-state index is 13.2.